The number of nitrogens with zero attached hydrogens (tertiary/aromatic N) is 4. The van der Waals surface area contributed by atoms with E-state index < -0.39 is 12.0 Å². The van der Waals surface area contributed by atoms with Crippen LogP contribution in [0.1, 0.15) is 20.3 Å². The number of hydrogen-bond donors (Lipinski definition) is 2. The van der Waals surface area contributed by atoms with Crippen molar-refractivity contribution in [2.45, 2.75) is 26.3 Å². The lowest BCUT2D eigenvalue weighted by Gasteiger charge is -2.26. The molecule has 1 aromatic heterocycles. The SMILES string of the molecule is CCC(C)N(CC(=O)O)C(=O)Nc1ncnn1C. The third-order valence-corrected chi connectivity index (χ3v) is 2.62. The third kappa shape index (κ3) is 3.44. The predicted octanol–water partition coefficient (Wildman–Crippen LogP) is 0.532. The Bertz CT molecular complexity index is 431. The van der Waals surface area contributed by atoms with Gasteiger partial charge in [0.2, 0.25) is 5.95 Å². The van der Waals surface area contributed by atoms with Gasteiger partial charge in [0.25, 0.3) is 0 Å². The van der Waals surface area contributed by atoms with Crippen LogP contribution in [0.4, 0.5) is 10.7 Å². The van der Waals surface area contributed by atoms with Crippen LogP contribution in [-0.4, -0.2) is 49.4 Å². The summed E-state index contributed by atoms with van der Waals surface area (Å²) in [6.45, 7) is 3.33. The number of anilines is 1. The first-order valence-corrected chi connectivity index (χ1v) is 5.59. The number of carbonyl (C=O) groups is 2. The molecule has 0 bridgehead atoms. The number of rotatable bonds is 5. The normalized spacial score (nSPS) is 11.9. The minimum Gasteiger partial charge on any atom is -0.480 e. The maximum atomic E-state index is 12.0. The molecule has 2 amide bonds. The Kier molecular flexibility index (Phi) is 4.64. The van der Waals surface area contributed by atoms with Crippen molar-refractivity contribution in [1.29, 1.82) is 0 Å². The number of carboxylic acid groups (broad SMARTS) is 1. The molecule has 0 aliphatic heterocycles. The Morgan fingerprint density at radius 2 is 2.28 bits per heavy atom. The zero-order valence-corrected chi connectivity index (χ0v) is 10.6. The summed E-state index contributed by atoms with van der Waals surface area (Å²) in [6.07, 6.45) is 1.97. The molecule has 1 heterocycles. The fraction of sp³-hybridized carbons (Fsp3) is 0.600. The molecule has 1 aromatic rings. The van der Waals surface area contributed by atoms with E-state index in [0.717, 1.165) is 0 Å². The van der Waals surface area contributed by atoms with Crippen LogP contribution < -0.4 is 5.32 Å². The van der Waals surface area contributed by atoms with E-state index in [0.29, 0.717) is 6.42 Å². The van der Waals surface area contributed by atoms with E-state index in [1.807, 2.05) is 6.92 Å². The molecule has 0 aliphatic rings. The molecule has 1 atom stereocenters. The predicted molar refractivity (Wildman–Crippen MR) is 64.1 cm³/mol. The molecule has 1 unspecified atom stereocenters. The third-order valence-electron chi connectivity index (χ3n) is 2.62. The van der Waals surface area contributed by atoms with E-state index in [1.54, 1.807) is 14.0 Å². The summed E-state index contributed by atoms with van der Waals surface area (Å²) in [6, 6.07) is -0.669. The minimum atomic E-state index is -1.05. The smallest absolute Gasteiger partial charge is 0.324 e. The maximum absolute atomic E-state index is 12.0. The summed E-state index contributed by atoms with van der Waals surface area (Å²) in [5.41, 5.74) is 0. The maximum Gasteiger partial charge on any atom is 0.324 e. The van der Waals surface area contributed by atoms with Crippen molar-refractivity contribution in [2.75, 3.05) is 11.9 Å². The van der Waals surface area contributed by atoms with Crippen LogP contribution in [0.2, 0.25) is 0 Å². The molecule has 0 saturated heterocycles. The van der Waals surface area contributed by atoms with Crippen LogP contribution in [0.25, 0.3) is 0 Å². The van der Waals surface area contributed by atoms with Crippen molar-refractivity contribution in [1.82, 2.24) is 19.7 Å². The van der Waals surface area contributed by atoms with Crippen LogP contribution in [-0.2, 0) is 11.8 Å². The molecular weight excluding hydrogens is 238 g/mol. The van der Waals surface area contributed by atoms with E-state index >= 15 is 0 Å². The summed E-state index contributed by atoms with van der Waals surface area (Å²) in [5.74, 6) is -0.776. The number of hydrogen-bond acceptors (Lipinski definition) is 4. The summed E-state index contributed by atoms with van der Waals surface area (Å²) in [5, 5.41) is 15.1. The van der Waals surface area contributed by atoms with Crippen molar-refractivity contribution in [3.8, 4) is 0 Å². The second kappa shape index (κ2) is 5.99. The van der Waals surface area contributed by atoms with Gasteiger partial charge < -0.3 is 10.0 Å². The number of aliphatic carboxylic acids is 1. The number of aryl methyl sites for hydroxylation is 1. The number of nitrogens with one attached hydrogen (secondary N) is 1. The molecule has 8 nitrogen and oxygen atoms in total. The topological polar surface area (TPSA) is 100 Å². The lowest BCUT2D eigenvalue weighted by atomic mass is 10.2. The highest BCUT2D eigenvalue weighted by atomic mass is 16.4. The molecule has 1 rings (SSSR count). The molecule has 0 aromatic carbocycles. The molecule has 100 valence electrons. The van der Waals surface area contributed by atoms with Gasteiger partial charge in [0, 0.05) is 13.1 Å². The van der Waals surface area contributed by atoms with Gasteiger partial charge in [0.05, 0.1) is 0 Å². The molecule has 0 spiro atoms. The van der Waals surface area contributed by atoms with Gasteiger partial charge in [-0.1, -0.05) is 6.92 Å². The lowest BCUT2D eigenvalue weighted by molar-refractivity contribution is -0.138. The van der Waals surface area contributed by atoms with Gasteiger partial charge >= 0.3 is 12.0 Å². The van der Waals surface area contributed by atoms with E-state index in [4.69, 9.17) is 5.11 Å². The number of carbonyl (C=O) groups excluding carboxylic acids is 1. The number of carboxylic acids is 1. The molecular formula is C10H17N5O3. The van der Waals surface area contributed by atoms with Crippen molar-refractivity contribution in [3.05, 3.63) is 6.33 Å². The number of aromatic nitrogens is 3. The van der Waals surface area contributed by atoms with Crippen molar-refractivity contribution >= 4 is 17.9 Å². The average molecular weight is 255 g/mol. The second-order valence-corrected chi connectivity index (χ2v) is 3.92. The standard InChI is InChI=1S/C10H17N5O3/c1-4-7(2)15(5-8(16)17)10(18)13-9-11-6-12-14(9)3/h6-7H,4-5H2,1-3H3,(H,16,17)(H,11,12,13,18). The highest BCUT2D eigenvalue weighted by Gasteiger charge is 2.22. The van der Waals surface area contributed by atoms with Crippen LogP contribution >= 0.6 is 0 Å². The molecule has 0 radical (unpaired) electrons. The molecule has 2 N–H and O–H groups in total. The van der Waals surface area contributed by atoms with E-state index in [9.17, 15) is 9.59 Å². The van der Waals surface area contributed by atoms with Gasteiger partial charge in [-0.2, -0.15) is 10.1 Å². The van der Waals surface area contributed by atoms with Gasteiger partial charge in [0.1, 0.15) is 12.9 Å². The molecule has 0 aliphatic carbocycles. The Hall–Kier alpha value is -2.12. The van der Waals surface area contributed by atoms with Crippen molar-refractivity contribution in [2.24, 2.45) is 7.05 Å². The van der Waals surface area contributed by atoms with Crippen LogP contribution in [0.5, 0.6) is 0 Å². The summed E-state index contributed by atoms with van der Waals surface area (Å²) in [4.78, 5) is 27.8. The van der Waals surface area contributed by atoms with Gasteiger partial charge in [-0.3, -0.25) is 10.1 Å². The largest absolute Gasteiger partial charge is 0.480 e. The van der Waals surface area contributed by atoms with Gasteiger partial charge in [-0.15, -0.1) is 0 Å². The van der Waals surface area contributed by atoms with Crippen molar-refractivity contribution < 1.29 is 14.7 Å². The molecule has 0 saturated carbocycles. The lowest BCUT2D eigenvalue weighted by Crippen LogP contribution is -2.44. The Balaban J connectivity index is 2.76. The zero-order chi connectivity index (χ0) is 13.7. The second-order valence-electron chi connectivity index (χ2n) is 3.92. The molecule has 8 heteroatoms. The fourth-order valence-electron chi connectivity index (χ4n) is 1.37. The van der Waals surface area contributed by atoms with E-state index in [2.05, 4.69) is 15.4 Å². The summed E-state index contributed by atoms with van der Waals surface area (Å²) >= 11 is 0. The first kappa shape index (κ1) is 13.9. The average Bonchev–Trinajstić information content (AvgIpc) is 2.70. The summed E-state index contributed by atoms with van der Waals surface area (Å²) in [7, 11) is 1.63. The van der Waals surface area contributed by atoms with E-state index in [1.165, 1.54) is 15.9 Å². The van der Waals surface area contributed by atoms with Gasteiger partial charge in [-0.25, -0.2) is 9.48 Å². The zero-order valence-electron chi connectivity index (χ0n) is 10.6. The van der Waals surface area contributed by atoms with E-state index in [-0.39, 0.29) is 18.5 Å². The minimum absolute atomic E-state index is 0.172. The van der Waals surface area contributed by atoms with Crippen molar-refractivity contribution in [3.63, 3.8) is 0 Å². The summed E-state index contributed by atoms with van der Waals surface area (Å²) < 4.78 is 1.40. The first-order valence-electron chi connectivity index (χ1n) is 5.59. The number of amides is 2. The van der Waals surface area contributed by atoms with Crippen LogP contribution in [0.15, 0.2) is 6.33 Å². The molecule has 0 fully saturated rings. The Morgan fingerprint density at radius 3 is 2.72 bits per heavy atom. The van der Waals surface area contributed by atoms with Gasteiger partial charge in [-0.05, 0) is 13.3 Å². The highest BCUT2D eigenvalue weighted by Crippen LogP contribution is 2.07. The monoisotopic (exact) mass is 255 g/mol. The molecule has 18 heavy (non-hydrogen) atoms. The highest BCUT2D eigenvalue weighted by molar-refractivity contribution is 5.90. The quantitative estimate of drug-likeness (QED) is 0.799. The first-order chi connectivity index (χ1) is 8.45. The Labute approximate surface area is 105 Å². The van der Waals surface area contributed by atoms with Crippen LogP contribution in [0.3, 0.4) is 0 Å². The Morgan fingerprint density at radius 1 is 1.61 bits per heavy atom. The van der Waals surface area contributed by atoms with Gasteiger partial charge in [0.15, 0.2) is 0 Å². The number of urea groups is 1. The fourth-order valence-corrected chi connectivity index (χ4v) is 1.37. The van der Waals surface area contributed by atoms with Crippen LogP contribution in [0, 0.1) is 0 Å².